The third kappa shape index (κ3) is 2.86. The molecule has 0 heterocycles. The number of Topliss-reactive ketones (excluding diaryl/α,β-unsaturated/α-hetero) is 1. The number of aliphatic hydroxyl groups excluding tert-OH is 1. The smallest absolute Gasteiger partial charge is 0.195 e. The summed E-state index contributed by atoms with van der Waals surface area (Å²) in [6, 6.07) is 14.3. The summed E-state index contributed by atoms with van der Waals surface area (Å²) in [5.74, 6) is -0.286. The second-order valence-corrected chi connectivity index (χ2v) is 5.10. The molecule has 0 aliphatic heterocycles. The van der Waals surface area contributed by atoms with Crippen LogP contribution in [-0.2, 0) is 0 Å². The van der Waals surface area contributed by atoms with Gasteiger partial charge in [0.15, 0.2) is 5.78 Å². The van der Waals surface area contributed by atoms with Gasteiger partial charge in [-0.15, -0.1) is 0 Å². The highest BCUT2D eigenvalue weighted by molar-refractivity contribution is 9.10. The lowest BCUT2D eigenvalue weighted by atomic mass is 9.99. The molecule has 0 amide bonds. The van der Waals surface area contributed by atoms with E-state index in [1.807, 2.05) is 19.1 Å². The first-order valence-corrected chi connectivity index (χ1v) is 6.41. The topological polar surface area (TPSA) is 37.3 Å². The van der Waals surface area contributed by atoms with E-state index in [0.717, 1.165) is 10.0 Å². The summed E-state index contributed by atoms with van der Waals surface area (Å²) >= 11 is 3.31. The Morgan fingerprint density at radius 2 is 1.61 bits per heavy atom. The molecule has 0 aromatic heterocycles. The summed E-state index contributed by atoms with van der Waals surface area (Å²) in [5.41, 5.74) is 2.22. The number of rotatable bonds is 3. The first-order valence-electron chi connectivity index (χ1n) is 5.62. The third-order valence-corrected chi connectivity index (χ3v) is 3.30. The van der Waals surface area contributed by atoms with Crippen LogP contribution in [0.5, 0.6) is 0 Å². The lowest BCUT2D eigenvalue weighted by Crippen LogP contribution is -2.12. The van der Waals surface area contributed by atoms with Gasteiger partial charge in [-0.25, -0.2) is 0 Å². The molecule has 0 bridgehead atoms. The van der Waals surface area contributed by atoms with Gasteiger partial charge in [0.25, 0.3) is 0 Å². The Morgan fingerprint density at radius 1 is 1.06 bits per heavy atom. The lowest BCUT2D eigenvalue weighted by molar-refractivity contribution is 0.0747. The van der Waals surface area contributed by atoms with E-state index in [1.54, 1.807) is 36.4 Å². The van der Waals surface area contributed by atoms with E-state index in [0.29, 0.717) is 11.1 Å². The largest absolute Gasteiger partial charge is 0.380 e. The van der Waals surface area contributed by atoms with Crippen LogP contribution in [0.2, 0.25) is 0 Å². The van der Waals surface area contributed by atoms with Crippen molar-refractivity contribution in [2.24, 2.45) is 0 Å². The molecule has 0 spiro atoms. The van der Waals surface area contributed by atoms with Crippen molar-refractivity contribution < 1.29 is 9.90 Å². The van der Waals surface area contributed by atoms with Crippen LogP contribution in [0.3, 0.4) is 0 Å². The Kier molecular flexibility index (Phi) is 3.94. The molecule has 2 nitrogen and oxygen atoms in total. The van der Waals surface area contributed by atoms with Gasteiger partial charge in [-0.2, -0.15) is 0 Å². The maximum absolute atomic E-state index is 12.1. The van der Waals surface area contributed by atoms with Crippen molar-refractivity contribution in [2.45, 2.75) is 13.0 Å². The Bertz CT molecular complexity index is 544. The van der Waals surface area contributed by atoms with E-state index in [-0.39, 0.29) is 5.78 Å². The van der Waals surface area contributed by atoms with E-state index >= 15 is 0 Å². The number of carbonyl (C=O) groups is 1. The van der Waals surface area contributed by atoms with Gasteiger partial charge in [-0.3, -0.25) is 4.79 Å². The monoisotopic (exact) mass is 304 g/mol. The molecule has 1 N–H and O–H groups in total. The summed E-state index contributed by atoms with van der Waals surface area (Å²) in [6.45, 7) is 1.96. The molecule has 3 heteroatoms. The predicted molar refractivity (Wildman–Crippen MR) is 74.6 cm³/mol. The van der Waals surface area contributed by atoms with Gasteiger partial charge in [-0.05, 0) is 24.6 Å². The summed E-state index contributed by atoms with van der Waals surface area (Å²) in [5, 5.41) is 10.0. The SMILES string of the molecule is Cc1ccc([C@H](O)C(=O)c2ccc(Br)cc2)cc1. The number of halogens is 1. The molecule has 0 unspecified atom stereocenters. The first-order chi connectivity index (χ1) is 8.58. The Morgan fingerprint density at radius 3 is 2.17 bits per heavy atom. The molecular formula is C15H13BrO2. The maximum Gasteiger partial charge on any atom is 0.195 e. The zero-order valence-corrected chi connectivity index (χ0v) is 11.5. The van der Waals surface area contributed by atoms with Crippen molar-refractivity contribution in [1.29, 1.82) is 0 Å². The minimum absolute atomic E-state index is 0.286. The van der Waals surface area contributed by atoms with E-state index in [4.69, 9.17) is 0 Å². The van der Waals surface area contributed by atoms with Crippen LogP contribution in [0.1, 0.15) is 27.6 Å². The molecule has 2 rings (SSSR count). The summed E-state index contributed by atoms with van der Waals surface area (Å²) in [4.78, 5) is 12.1. The first kappa shape index (κ1) is 13.0. The predicted octanol–water partition coefficient (Wildman–Crippen LogP) is 3.67. The number of hydrogen-bond acceptors (Lipinski definition) is 2. The number of carbonyl (C=O) groups excluding carboxylic acids is 1. The minimum Gasteiger partial charge on any atom is -0.380 e. The molecule has 0 aliphatic carbocycles. The van der Waals surface area contributed by atoms with Crippen LogP contribution in [0.15, 0.2) is 53.0 Å². The zero-order valence-electron chi connectivity index (χ0n) is 9.93. The summed E-state index contributed by atoms with van der Waals surface area (Å²) < 4.78 is 0.906. The number of aliphatic hydroxyl groups is 1. The molecular weight excluding hydrogens is 292 g/mol. The van der Waals surface area contributed by atoms with E-state index in [2.05, 4.69) is 15.9 Å². The summed E-state index contributed by atoms with van der Waals surface area (Å²) in [7, 11) is 0. The van der Waals surface area contributed by atoms with Gasteiger partial charge in [0.2, 0.25) is 0 Å². The van der Waals surface area contributed by atoms with Crippen LogP contribution >= 0.6 is 15.9 Å². The normalized spacial score (nSPS) is 12.2. The van der Waals surface area contributed by atoms with E-state index in [1.165, 1.54) is 0 Å². The fraction of sp³-hybridized carbons (Fsp3) is 0.133. The highest BCUT2D eigenvalue weighted by Crippen LogP contribution is 2.20. The van der Waals surface area contributed by atoms with Gasteiger partial charge < -0.3 is 5.11 Å². The van der Waals surface area contributed by atoms with Gasteiger partial charge in [0.1, 0.15) is 6.10 Å². The second kappa shape index (κ2) is 5.46. The third-order valence-electron chi connectivity index (χ3n) is 2.77. The van der Waals surface area contributed by atoms with Crippen molar-refractivity contribution in [1.82, 2.24) is 0 Å². The van der Waals surface area contributed by atoms with Crippen molar-refractivity contribution in [3.8, 4) is 0 Å². The highest BCUT2D eigenvalue weighted by atomic mass is 79.9. The van der Waals surface area contributed by atoms with Gasteiger partial charge >= 0.3 is 0 Å². The lowest BCUT2D eigenvalue weighted by Gasteiger charge is -2.10. The van der Waals surface area contributed by atoms with Crippen LogP contribution in [0.25, 0.3) is 0 Å². The van der Waals surface area contributed by atoms with Gasteiger partial charge in [0.05, 0.1) is 0 Å². The average Bonchev–Trinajstić information content (AvgIpc) is 2.39. The molecule has 2 aromatic rings. The molecule has 0 radical (unpaired) electrons. The fourth-order valence-electron chi connectivity index (χ4n) is 1.67. The molecule has 2 aromatic carbocycles. The number of hydrogen-bond donors (Lipinski definition) is 1. The quantitative estimate of drug-likeness (QED) is 0.878. The molecule has 1 atom stereocenters. The standard InChI is InChI=1S/C15H13BrO2/c1-10-2-4-11(5-3-10)14(17)15(18)12-6-8-13(16)9-7-12/h2-9,14,17H,1H3/t14-/m0/s1. The number of benzene rings is 2. The van der Waals surface area contributed by atoms with Crippen molar-refractivity contribution >= 4 is 21.7 Å². The Hall–Kier alpha value is -1.45. The molecule has 0 saturated carbocycles. The Labute approximate surface area is 114 Å². The number of ketones is 1. The van der Waals surface area contributed by atoms with E-state index in [9.17, 15) is 9.90 Å². The number of aryl methyl sites for hydroxylation is 1. The zero-order chi connectivity index (χ0) is 13.1. The average molecular weight is 305 g/mol. The van der Waals surface area contributed by atoms with Crippen LogP contribution in [0, 0.1) is 6.92 Å². The van der Waals surface area contributed by atoms with Crippen LogP contribution < -0.4 is 0 Å². The van der Waals surface area contributed by atoms with Crippen molar-refractivity contribution in [3.63, 3.8) is 0 Å². The highest BCUT2D eigenvalue weighted by Gasteiger charge is 2.18. The molecule has 0 fully saturated rings. The van der Waals surface area contributed by atoms with Gasteiger partial charge in [0, 0.05) is 10.0 Å². The fourth-order valence-corrected chi connectivity index (χ4v) is 1.94. The Balaban J connectivity index is 2.23. The van der Waals surface area contributed by atoms with Gasteiger partial charge in [-0.1, -0.05) is 57.9 Å². The minimum atomic E-state index is -1.10. The molecule has 18 heavy (non-hydrogen) atoms. The summed E-state index contributed by atoms with van der Waals surface area (Å²) in [6.07, 6.45) is -1.10. The molecule has 0 aliphatic rings. The molecule has 0 saturated heterocycles. The van der Waals surface area contributed by atoms with E-state index < -0.39 is 6.10 Å². The van der Waals surface area contributed by atoms with Crippen molar-refractivity contribution in [2.75, 3.05) is 0 Å². The second-order valence-electron chi connectivity index (χ2n) is 4.18. The van der Waals surface area contributed by atoms with Crippen molar-refractivity contribution in [3.05, 3.63) is 69.7 Å². The van der Waals surface area contributed by atoms with Crippen LogP contribution in [0.4, 0.5) is 0 Å². The van der Waals surface area contributed by atoms with Crippen LogP contribution in [-0.4, -0.2) is 10.9 Å². The maximum atomic E-state index is 12.1. The molecule has 92 valence electrons.